The fourth-order valence-corrected chi connectivity index (χ4v) is 3.55. The van der Waals surface area contributed by atoms with Crippen LogP contribution in [0.4, 0.5) is 0 Å². The van der Waals surface area contributed by atoms with Crippen LogP contribution in [0, 0.1) is 0 Å². The fraction of sp³-hybridized carbons (Fsp3) is 0.524. The number of hydrogen-bond donors (Lipinski definition) is 1. The van der Waals surface area contributed by atoms with Crippen molar-refractivity contribution in [2.75, 3.05) is 39.4 Å². The monoisotopic (exact) mass is 422 g/mol. The summed E-state index contributed by atoms with van der Waals surface area (Å²) in [6, 6.07) is 4.80. The Morgan fingerprint density at radius 1 is 1.31 bits per heavy atom. The number of carbonyl (C=O) groups is 1. The van der Waals surface area contributed by atoms with Crippen LogP contribution < -0.4 is 15.7 Å². The Bertz CT molecular complexity index is 908. The molecule has 1 aromatic heterocycles. The standard InChI is InChI=1S/C21H27ClN2O5/c1-3-4-15-11-20(25)29-18-13-19(17(22)12-16(15)18)28-14(2)21(26)23-5-6-24-7-9-27-10-8-24/h11-14H,3-10H2,1-2H3,(H,23,26). The van der Waals surface area contributed by atoms with E-state index in [1.807, 2.05) is 6.92 Å². The maximum absolute atomic E-state index is 12.4. The quantitative estimate of drug-likeness (QED) is 0.658. The van der Waals surface area contributed by atoms with Gasteiger partial charge in [0.05, 0.1) is 18.2 Å². The number of aryl methyl sites for hydroxylation is 1. The van der Waals surface area contributed by atoms with Crippen LogP contribution in [0.3, 0.4) is 0 Å². The molecule has 29 heavy (non-hydrogen) atoms. The van der Waals surface area contributed by atoms with Crippen LogP contribution in [-0.2, 0) is 16.0 Å². The molecule has 7 nitrogen and oxygen atoms in total. The summed E-state index contributed by atoms with van der Waals surface area (Å²) in [4.78, 5) is 26.4. The number of halogens is 1. The molecule has 1 atom stereocenters. The van der Waals surface area contributed by atoms with Crippen LogP contribution in [-0.4, -0.2) is 56.3 Å². The van der Waals surface area contributed by atoms with Crippen molar-refractivity contribution in [1.82, 2.24) is 10.2 Å². The van der Waals surface area contributed by atoms with Crippen molar-refractivity contribution >= 4 is 28.5 Å². The average molecular weight is 423 g/mol. The van der Waals surface area contributed by atoms with E-state index in [0.29, 0.717) is 22.9 Å². The Kier molecular flexibility index (Phi) is 7.52. The normalized spacial score (nSPS) is 16.0. The Morgan fingerprint density at radius 3 is 2.79 bits per heavy atom. The SMILES string of the molecule is CCCc1cc(=O)oc2cc(OC(C)C(=O)NCCN3CCOCC3)c(Cl)cc12. The number of carbonyl (C=O) groups excluding carboxylic acids is 1. The summed E-state index contributed by atoms with van der Waals surface area (Å²) in [5.74, 6) is 0.0856. The molecule has 0 spiro atoms. The molecule has 0 radical (unpaired) electrons. The van der Waals surface area contributed by atoms with Gasteiger partial charge in [-0.15, -0.1) is 0 Å². The Morgan fingerprint density at radius 2 is 2.07 bits per heavy atom. The van der Waals surface area contributed by atoms with Gasteiger partial charge in [0.2, 0.25) is 0 Å². The lowest BCUT2D eigenvalue weighted by Crippen LogP contribution is -2.43. The molecule has 1 N–H and O–H groups in total. The first kappa shape index (κ1) is 21.6. The summed E-state index contributed by atoms with van der Waals surface area (Å²) in [5.41, 5.74) is 0.879. The van der Waals surface area contributed by atoms with Gasteiger partial charge in [-0.05, 0) is 25.0 Å². The van der Waals surface area contributed by atoms with Gasteiger partial charge in [0, 0.05) is 43.7 Å². The molecule has 158 valence electrons. The van der Waals surface area contributed by atoms with Crippen LogP contribution in [0.25, 0.3) is 11.0 Å². The molecule has 1 fully saturated rings. The van der Waals surface area contributed by atoms with Gasteiger partial charge in [0.15, 0.2) is 6.10 Å². The highest BCUT2D eigenvalue weighted by molar-refractivity contribution is 6.32. The van der Waals surface area contributed by atoms with Gasteiger partial charge >= 0.3 is 5.63 Å². The third kappa shape index (κ3) is 5.72. The van der Waals surface area contributed by atoms with E-state index in [9.17, 15) is 9.59 Å². The highest BCUT2D eigenvalue weighted by Crippen LogP contribution is 2.32. The number of amides is 1. The number of benzene rings is 1. The van der Waals surface area contributed by atoms with Gasteiger partial charge in [0.1, 0.15) is 11.3 Å². The molecule has 2 aromatic rings. The van der Waals surface area contributed by atoms with Crippen molar-refractivity contribution in [2.45, 2.75) is 32.8 Å². The lowest BCUT2D eigenvalue weighted by atomic mass is 10.1. The van der Waals surface area contributed by atoms with E-state index in [0.717, 1.165) is 56.6 Å². The van der Waals surface area contributed by atoms with E-state index in [1.54, 1.807) is 19.1 Å². The van der Waals surface area contributed by atoms with Crippen molar-refractivity contribution < 1.29 is 18.7 Å². The first-order valence-electron chi connectivity index (χ1n) is 9.98. The number of hydrogen-bond acceptors (Lipinski definition) is 6. The molecule has 1 unspecified atom stereocenters. The Labute approximate surface area is 174 Å². The molecule has 0 aliphatic carbocycles. The highest BCUT2D eigenvalue weighted by atomic mass is 35.5. The van der Waals surface area contributed by atoms with Crippen LogP contribution in [0.15, 0.2) is 27.4 Å². The van der Waals surface area contributed by atoms with E-state index < -0.39 is 11.7 Å². The van der Waals surface area contributed by atoms with Crippen LogP contribution in [0.5, 0.6) is 5.75 Å². The smallest absolute Gasteiger partial charge is 0.336 e. The Hall–Kier alpha value is -2.09. The molecule has 1 aliphatic heterocycles. The largest absolute Gasteiger partial charge is 0.479 e. The Balaban J connectivity index is 1.64. The zero-order chi connectivity index (χ0) is 20.8. The minimum atomic E-state index is -0.736. The second-order valence-electron chi connectivity index (χ2n) is 7.12. The van der Waals surface area contributed by atoms with Crippen molar-refractivity contribution in [3.05, 3.63) is 39.2 Å². The van der Waals surface area contributed by atoms with Crippen molar-refractivity contribution in [3.63, 3.8) is 0 Å². The third-order valence-corrected chi connectivity index (χ3v) is 5.20. The second kappa shape index (κ2) is 10.1. The van der Waals surface area contributed by atoms with Crippen LogP contribution in [0.2, 0.25) is 5.02 Å². The number of nitrogens with zero attached hydrogens (tertiary/aromatic N) is 1. The number of nitrogens with one attached hydrogen (secondary N) is 1. The van der Waals surface area contributed by atoms with E-state index >= 15 is 0 Å². The van der Waals surface area contributed by atoms with E-state index in [1.165, 1.54) is 6.07 Å². The summed E-state index contributed by atoms with van der Waals surface area (Å²) in [7, 11) is 0. The van der Waals surface area contributed by atoms with E-state index in [4.69, 9.17) is 25.5 Å². The zero-order valence-corrected chi connectivity index (χ0v) is 17.6. The van der Waals surface area contributed by atoms with Gasteiger partial charge in [-0.3, -0.25) is 9.69 Å². The molecule has 0 saturated carbocycles. The third-order valence-electron chi connectivity index (χ3n) is 4.91. The number of fused-ring (bicyclic) bond motifs is 1. The first-order valence-corrected chi connectivity index (χ1v) is 10.4. The average Bonchev–Trinajstić information content (AvgIpc) is 2.70. The molecule has 1 amide bonds. The van der Waals surface area contributed by atoms with E-state index in [2.05, 4.69) is 10.2 Å². The number of morpholine rings is 1. The lowest BCUT2D eigenvalue weighted by Gasteiger charge is -2.26. The summed E-state index contributed by atoms with van der Waals surface area (Å²) >= 11 is 6.37. The molecule has 3 rings (SSSR count). The first-order chi connectivity index (χ1) is 14.0. The maximum Gasteiger partial charge on any atom is 0.336 e. The van der Waals surface area contributed by atoms with Gasteiger partial charge in [-0.25, -0.2) is 4.79 Å². The van der Waals surface area contributed by atoms with Crippen molar-refractivity contribution in [2.24, 2.45) is 0 Å². The maximum atomic E-state index is 12.4. The zero-order valence-electron chi connectivity index (χ0n) is 16.8. The van der Waals surface area contributed by atoms with Gasteiger partial charge < -0.3 is 19.2 Å². The molecule has 1 aliphatic rings. The van der Waals surface area contributed by atoms with Crippen molar-refractivity contribution in [1.29, 1.82) is 0 Å². The minimum absolute atomic E-state index is 0.226. The second-order valence-corrected chi connectivity index (χ2v) is 7.53. The van der Waals surface area contributed by atoms with Gasteiger partial charge in [0.25, 0.3) is 5.91 Å². The van der Waals surface area contributed by atoms with Gasteiger partial charge in [-0.1, -0.05) is 24.9 Å². The predicted octanol–water partition coefficient (Wildman–Crippen LogP) is 2.61. The molecular formula is C21H27ClN2O5. The fourth-order valence-electron chi connectivity index (χ4n) is 3.34. The lowest BCUT2D eigenvalue weighted by molar-refractivity contribution is -0.127. The summed E-state index contributed by atoms with van der Waals surface area (Å²) in [6.07, 6.45) is 0.914. The highest BCUT2D eigenvalue weighted by Gasteiger charge is 2.18. The molecule has 1 aromatic carbocycles. The topological polar surface area (TPSA) is 81.0 Å². The molecular weight excluding hydrogens is 396 g/mol. The number of rotatable bonds is 8. The molecule has 2 heterocycles. The summed E-state index contributed by atoms with van der Waals surface area (Å²) < 4.78 is 16.4. The molecule has 1 saturated heterocycles. The van der Waals surface area contributed by atoms with Crippen LogP contribution >= 0.6 is 11.6 Å². The summed E-state index contributed by atoms with van der Waals surface area (Å²) in [6.45, 7) is 8.21. The minimum Gasteiger partial charge on any atom is -0.479 e. The summed E-state index contributed by atoms with van der Waals surface area (Å²) in [5, 5.41) is 4.03. The molecule has 8 heteroatoms. The molecule has 0 bridgehead atoms. The predicted molar refractivity (Wildman–Crippen MR) is 112 cm³/mol. The van der Waals surface area contributed by atoms with Crippen LogP contribution in [0.1, 0.15) is 25.8 Å². The van der Waals surface area contributed by atoms with E-state index in [-0.39, 0.29) is 5.91 Å². The van der Waals surface area contributed by atoms with Gasteiger partial charge in [-0.2, -0.15) is 0 Å². The number of ether oxygens (including phenoxy) is 2. The van der Waals surface area contributed by atoms with Crippen molar-refractivity contribution in [3.8, 4) is 5.75 Å².